The zero-order valence-corrected chi connectivity index (χ0v) is 39.6. The van der Waals surface area contributed by atoms with E-state index >= 15 is 0 Å². The highest BCUT2D eigenvalue weighted by Crippen LogP contribution is 2.46. The zero-order chi connectivity index (χ0) is 53.2. The second kappa shape index (κ2) is 20.8. The molecule has 0 fully saturated rings. The molecule has 1 amide bonds. The van der Waals surface area contributed by atoms with Gasteiger partial charge in [-0.15, -0.1) is 25.6 Å². The number of anilines is 1. The third kappa shape index (κ3) is 11.7. The molecule has 0 aromatic heterocycles. The number of ether oxygens (including phenoxy) is 3. The number of fused-ring (bicyclic) bond motifs is 2. The highest BCUT2D eigenvalue weighted by Gasteiger charge is 2.39. The quantitative estimate of drug-likeness (QED) is 0.0319. The predicted octanol–water partition coefficient (Wildman–Crippen LogP) is 4.74. The number of aromatic hydroxyl groups is 2. The van der Waals surface area contributed by atoms with Gasteiger partial charge in [-0.2, -0.15) is 48.9 Å². The number of phenolic OH excluding ortho intramolecular Hbond substituents is 2. The molecular formula is C40H34N8O21S4. The minimum Gasteiger partial charge on any atom is -0.507 e. The Morgan fingerprint density at radius 1 is 0.575 bits per heavy atom. The van der Waals surface area contributed by atoms with Crippen molar-refractivity contribution in [2.24, 2.45) is 35.8 Å². The van der Waals surface area contributed by atoms with Crippen molar-refractivity contribution in [2.45, 2.75) is 25.6 Å². The second-order valence-corrected chi connectivity index (χ2v) is 20.3. The monoisotopic (exact) mass is 1090 g/mol. The first-order valence-corrected chi connectivity index (χ1v) is 25.8. The van der Waals surface area contributed by atoms with Crippen LogP contribution in [0.15, 0.2) is 140 Å². The minimum atomic E-state index is -5.25. The molecule has 1 heterocycles. The average molecular weight is 1090 g/mol. The number of aliphatic hydroxyl groups is 3. The number of carbonyl (C=O) groups is 1. The van der Waals surface area contributed by atoms with Gasteiger partial charge >= 0.3 is 0 Å². The van der Waals surface area contributed by atoms with Gasteiger partial charge in [0.15, 0.2) is 12.5 Å². The van der Waals surface area contributed by atoms with Crippen molar-refractivity contribution in [3.63, 3.8) is 0 Å². The summed E-state index contributed by atoms with van der Waals surface area (Å²) in [4.78, 5) is 10.1. The number of benzene rings is 6. The summed E-state index contributed by atoms with van der Waals surface area (Å²) in [7, 11) is -19.9. The van der Waals surface area contributed by atoms with E-state index in [-0.39, 0.29) is 50.7 Å². The van der Waals surface area contributed by atoms with E-state index in [1.807, 2.05) is 0 Å². The fourth-order valence-electron chi connectivity index (χ4n) is 6.76. The Morgan fingerprint density at radius 2 is 1.16 bits per heavy atom. The minimum absolute atomic E-state index is 0.0108. The van der Waals surface area contributed by atoms with Gasteiger partial charge in [0.2, 0.25) is 11.9 Å². The summed E-state index contributed by atoms with van der Waals surface area (Å²) in [5, 5.41) is 78.2. The van der Waals surface area contributed by atoms with Crippen molar-refractivity contribution >= 4 is 108 Å². The van der Waals surface area contributed by atoms with Gasteiger partial charge in [0, 0.05) is 29.0 Å². The molecule has 9 N–H and O–H groups in total. The number of hydrogen-bond acceptors (Lipinski definition) is 24. The fraction of sp³-hybridized carbons (Fsp3) is 0.150. The molecule has 6 aromatic rings. The van der Waals surface area contributed by atoms with E-state index in [4.69, 9.17) is 14.2 Å². The van der Waals surface area contributed by atoms with Gasteiger partial charge in [0.1, 0.15) is 57.3 Å². The van der Waals surface area contributed by atoms with Crippen LogP contribution in [-0.2, 0) is 50.0 Å². The first kappa shape index (κ1) is 53.1. The number of nitrogens with zero attached hydrogens (tertiary/aromatic N) is 8. The highest BCUT2D eigenvalue weighted by molar-refractivity contribution is 7.86. The number of carbonyl (C=O) groups excluding carboxylic acids is 1. The first-order valence-electron chi connectivity index (χ1n) is 20.0. The Morgan fingerprint density at radius 3 is 1.73 bits per heavy atom. The maximum atomic E-state index is 13.3. The van der Waals surface area contributed by atoms with Crippen LogP contribution in [0, 0.1) is 0 Å². The lowest BCUT2D eigenvalue weighted by molar-refractivity contribution is -0.118. The van der Waals surface area contributed by atoms with Crippen molar-refractivity contribution in [1.29, 1.82) is 0 Å². The lowest BCUT2D eigenvalue weighted by Crippen LogP contribution is -2.31. The number of hydrazone groups is 1. The molecule has 1 aliphatic rings. The summed E-state index contributed by atoms with van der Waals surface area (Å²) in [5.41, 5.74) is -1.79. The van der Waals surface area contributed by atoms with E-state index in [1.54, 1.807) is 0 Å². The molecule has 7 rings (SSSR count). The van der Waals surface area contributed by atoms with E-state index in [1.165, 1.54) is 18.2 Å². The summed E-state index contributed by atoms with van der Waals surface area (Å²) < 4.78 is 152. The third-order valence-corrected chi connectivity index (χ3v) is 13.4. The van der Waals surface area contributed by atoms with E-state index in [0.717, 1.165) is 59.6 Å². The van der Waals surface area contributed by atoms with Crippen molar-refractivity contribution < 1.29 is 96.4 Å². The van der Waals surface area contributed by atoms with Crippen LogP contribution >= 0.6 is 0 Å². The molecule has 0 spiro atoms. The number of phenols is 2. The van der Waals surface area contributed by atoms with Gasteiger partial charge in [-0.05, 0) is 72.1 Å². The highest BCUT2D eigenvalue weighted by atomic mass is 32.2. The summed E-state index contributed by atoms with van der Waals surface area (Å²) in [6.45, 7) is -2.92. The molecule has 0 aliphatic carbocycles. The van der Waals surface area contributed by atoms with Gasteiger partial charge < -0.3 is 39.7 Å². The topological polar surface area (TPSA) is 453 Å². The van der Waals surface area contributed by atoms with Crippen LogP contribution in [-0.4, -0.2) is 128 Å². The number of hydrogen-bond donors (Lipinski definition) is 9. The maximum absolute atomic E-state index is 13.3. The van der Waals surface area contributed by atoms with E-state index < -0.39 is 139 Å². The molecule has 0 radical (unpaired) electrons. The van der Waals surface area contributed by atoms with Crippen LogP contribution in [0.25, 0.3) is 21.5 Å². The summed E-state index contributed by atoms with van der Waals surface area (Å²) in [5.74, 6) is -3.64. The average Bonchev–Trinajstić information content (AvgIpc) is 3.63. The van der Waals surface area contributed by atoms with Gasteiger partial charge in [-0.3, -0.25) is 23.0 Å². The summed E-state index contributed by atoms with van der Waals surface area (Å²) in [6.07, 6.45) is 0. The Kier molecular flexibility index (Phi) is 15.1. The molecule has 1 aliphatic heterocycles. The van der Waals surface area contributed by atoms with Crippen LogP contribution in [0.1, 0.15) is 0 Å². The molecule has 0 saturated carbocycles. The fourth-order valence-corrected chi connectivity index (χ4v) is 9.10. The van der Waals surface area contributed by atoms with E-state index in [0.29, 0.717) is 12.1 Å². The SMILES string of the molecule is O=C1C(N=Nc2ccc3c(O)c(N=Nc4cc(OCCO)c(N=Nc5ccc(S(=O)(=O)O)c6cc(S(=O)(=O)O)cc(O)c56)cc4OCCO)c(S(=O)(=O)O)cc3c2)C(OCO)=NN1c1ccc(S(=O)(=O)O)cc1. The Hall–Kier alpha value is -7.70. The largest absolute Gasteiger partial charge is 0.507 e. The summed E-state index contributed by atoms with van der Waals surface area (Å²) in [6, 6.07) is 12.4. The number of rotatable bonds is 18. The lowest BCUT2D eigenvalue weighted by Gasteiger charge is -2.13. The van der Waals surface area contributed by atoms with Crippen LogP contribution in [0.4, 0.5) is 34.1 Å². The van der Waals surface area contributed by atoms with Crippen LogP contribution in [0.3, 0.4) is 0 Å². The predicted molar refractivity (Wildman–Crippen MR) is 248 cm³/mol. The van der Waals surface area contributed by atoms with Gasteiger partial charge in [-0.1, -0.05) is 0 Å². The normalized spacial score (nSPS) is 14.8. The van der Waals surface area contributed by atoms with Crippen LogP contribution in [0.5, 0.6) is 23.0 Å². The Balaban J connectivity index is 1.25. The smallest absolute Gasteiger partial charge is 0.296 e. The molecule has 33 heteroatoms. The molecule has 0 bridgehead atoms. The van der Waals surface area contributed by atoms with Crippen molar-refractivity contribution in [1.82, 2.24) is 0 Å². The zero-order valence-electron chi connectivity index (χ0n) is 36.3. The lowest BCUT2D eigenvalue weighted by atomic mass is 10.1. The molecule has 6 aromatic carbocycles. The maximum Gasteiger partial charge on any atom is 0.296 e. The van der Waals surface area contributed by atoms with Crippen molar-refractivity contribution in [2.75, 3.05) is 38.2 Å². The molecule has 1 atom stereocenters. The third-order valence-electron chi connectivity index (χ3n) is 9.91. The molecule has 73 heavy (non-hydrogen) atoms. The van der Waals surface area contributed by atoms with Crippen LogP contribution < -0.4 is 14.5 Å². The van der Waals surface area contributed by atoms with Crippen molar-refractivity contribution in [3.8, 4) is 23.0 Å². The van der Waals surface area contributed by atoms with Crippen LogP contribution in [0.2, 0.25) is 0 Å². The summed E-state index contributed by atoms with van der Waals surface area (Å²) >= 11 is 0. The number of aliphatic hydroxyl groups excluding tert-OH is 3. The molecular weight excluding hydrogens is 1060 g/mol. The molecule has 1 unspecified atom stereocenters. The van der Waals surface area contributed by atoms with Gasteiger partial charge in [0.25, 0.3) is 46.4 Å². The number of amides is 1. The number of azo groups is 3. The van der Waals surface area contributed by atoms with Gasteiger partial charge in [0.05, 0.1) is 45.5 Å². The van der Waals surface area contributed by atoms with E-state index in [9.17, 15) is 82.2 Å². The van der Waals surface area contributed by atoms with Gasteiger partial charge in [-0.25, -0.2) is 0 Å². The molecule has 384 valence electrons. The second-order valence-electron chi connectivity index (χ2n) is 14.6. The standard InChI is InChI=1S/C40H34N8O21S4/c49-9-11-67-31-18-29(32(68-12-10-50)17-28(31)43-42-27-7-8-33(72(61,62)63)26-15-24(71(58,59)60)16-30(52)35(26)27)44-45-36-34(73(64,65)66)14-20-13-21(1-6-25(20)38(36)53)41-46-37-39(69-19-51)47-48(40(37)54)22-2-4-23(5-3-22)70(55,56)57/h1-8,13-18,37,49-53H,9-12,19H2,(H,55,56,57)(H,58,59,60)(H,61,62,63)(H,64,65,66). The molecule has 0 saturated heterocycles. The first-order chi connectivity index (χ1) is 34.3. The van der Waals surface area contributed by atoms with E-state index in [2.05, 4.69) is 35.8 Å². The Bertz CT molecular complexity index is 3800. The molecule has 29 nitrogen and oxygen atoms in total. The Labute approximate surface area is 410 Å². The van der Waals surface area contributed by atoms with Crippen molar-refractivity contribution in [3.05, 3.63) is 84.9 Å².